The highest BCUT2D eigenvalue weighted by Crippen LogP contribution is 2.54. The Labute approximate surface area is 164 Å². The van der Waals surface area contributed by atoms with Crippen molar-refractivity contribution in [3.05, 3.63) is 29.8 Å². The van der Waals surface area contributed by atoms with Gasteiger partial charge in [0.15, 0.2) is 0 Å². The quantitative estimate of drug-likeness (QED) is 0.407. The van der Waals surface area contributed by atoms with Crippen molar-refractivity contribution in [2.45, 2.75) is 39.8 Å². The van der Waals surface area contributed by atoms with Crippen molar-refractivity contribution in [1.82, 2.24) is 9.76 Å². The first-order valence-electron chi connectivity index (χ1n) is 8.36. The normalized spacial score (nSPS) is 20.8. The summed E-state index contributed by atoms with van der Waals surface area (Å²) >= 11 is 6.93. The lowest BCUT2D eigenvalue weighted by Gasteiger charge is -2.35. The Morgan fingerprint density at radius 3 is 2.69 bits per heavy atom. The Bertz CT molecular complexity index is 728. The van der Waals surface area contributed by atoms with Gasteiger partial charge in [0.25, 0.3) is 0 Å². The SMILES string of the molecule is COC(=O)[C@H](C)N[P@@](=O)(Oc1cccc(C)c1)N1C(=S)SC[C@@H]1C(C)C. The zero-order valence-electron chi connectivity index (χ0n) is 15.6. The van der Waals surface area contributed by atoms with Gasteiger partial charge >= 0.3 is 13.6 Å². The van der Waals surface area contributed by atoms with Crippen LogP contribution in [0.4, 0.5) is 0 Å². The fourth-order valence-electron chi connectivity index (χ4n) is 2.63. The number of methoxy groups -OCH3 is 1. The molecule has 1 heterocycles. The fraction of sp³-hybridized carbons (Fsp3) is 0.529. The van der Waals surface area contributed by atoms with E-state index in [1.165, 1.54) is 18.9 Å². The minimum atomic E-state index is -3.68. The predicted molar refractivity (Wildman–Crippen MR) is 110 cm³/mol. The Kier molecular flexibility index (Phi) is 7.13. The van der Waals surface area contributed by atoms with Crippen LogP contribution in [0.1, 0.15) is 26.3 Å². The Morgan fingerprint density at radius 1 is 1.42 bits per heavy atom. The molecule has 1 saturated heterocycles. The van der Waals surface area contributed by atoms with E-state index in [-0.39, 0.29) is 12.0 Å². The summed E-state index contributed by atoms with van der Waals surface area (Å²) < 4.78 is 26.8. The standard InChI is InChI=1S/C17H25N2O4PS2/c1-11(2)15-10-26-17(25)19(15)24(21,18-13(4)16(20)22-5)23-14-8-6-7-12(3)9-14/h6-9,11,13,15H,10H2,1-5H3,(H,18,21)/t13-,15+,24+/m0/s1. The maximum Gasteiger partial charge on any atom is 0.421 e. The second kappa shape index (κ2) is 8.74. The molecule has 0 aliphatic carbocycles. The Balaban J connectivity index is 2.41. The summed E-state index contributed by atoms with van der Waals surface area (Å²) in [5.41, 5.74) is 0.980. The fourth-order valence-corrected chi connectivity index (χ4v) is 7.22. The number of carbonyl (C=O) groups excluding carboxylic acids is 1. The first-order chi connectivity index (χ1) is 12.2. The summed E-state index contributed by atoms with van der Waals surface area (Å²) in [6, 6.07) is 6.43. The average molecular weight is 417 g/mol. The highest BCUT2D eigenvalue weighted by Gasteiger charge is 2.47. The lowest BCUT2D eigenvalue weighted by Crippen LogP contribution is -2.44. The van der Waals surface area contributed by atoms with Gasteiger partial charge in [0, 0.05) is 5.75 Å². The van der Waals surface area contributed by atoms with E-state index in [1.54, 1.807) is 23.7 Å². The van der Waals surface area contributed by atoms with Gasteiger partial charge in [-0.3, -0.25) is 9.46 Å². The average Bonchev–Trinajstić information content (AvgIpc) is 2.96. The van der Waals surface area contributed by atoms with Crippen molar-refractivity contribution in [2.24, 2.45) is 5.92 Å². The van der Waals surface area contributed by atoms with Gasteiger partial charge in [0.05, 0.1) is 13.2 Å². The molecule has 1 fully saturated rings. The highest BCUT2D eigenvalue weighted by molar-refractivity contribution is 8.23. The number of thiocarbonyl (C=S) groups is 1. The molecular weight excluding hydrogens is 391 g/mol. The second-order valence-corrected chi connectivity index (χ2v) is 10.1. The van der Waals surface area contributed by atoms with Crippen LogP contribution in [0.2, 0.25) is 0 Å². The first kappa shape index (κ1) is 21.2. The molecule has 0 radical (unpaired) electrons. The van der Waals surface area contributed by atoms with Gasteiger partial charge in [-0.05, 0) is 37.5 Å². The molecule has 2 rings (SSSR count). The minimum absolute atomic E-state index is 0.0551. The van der Waals surface area contributed by atoms with Crippen LogP contribution >= 0.6 is 31.7 Å². The number of benzene rings is 1. The summed E-state index contributed by atoms with van der Waals surface area (Å²) in [7, 11) is -2.39. The van der Waals surface area contributed by atoms with Crippen molar-refractivity contribution >= 4 is 41.9 Å². The Morgan fingerprint density at radius 2 is 2.12 bits per heavy atom. The van der Waals surface area contributed by atoms with E-state index < -0.39 is 19.7 Å². The molecule has 1 aliphatic heterocycles. The third kappa shape index (κ3) is 4.80. The van der Waals surface area contributed by atoms with E-state index >= 15 is 0 Å². The lowest BCUT2D eigenvalue weighted by molar-refractivity contribution is -0.142. The number of nitrogens with one attached hydrogen (secondary N) is 1. The Hall–Kier alpha value is -1.08. The van der Waals surface area contributed by atoms with E-state index in [1.807, 2.05) is 32.9 Å². The van der Waals surface area contributed by atoms with Gasteiger partial charge in [0.1, 0.15) is 16.1 Å². The van der Waals surface area contributed by atoms with Crippen LogP contribution in [0.5, 0.6) is 5.75 Å². The smallest absolute Gasteiger partial charge is 0.421 e. The van der Waals surface area contributed by atoms with Gasteiger partial charge in [-0.1, -0.05) is 50.0 Å². The molecule has 6 nitrogen and oxygen atoms in total. The van der Waals surface area contributed by atoms with E-state index in [0.29, 0.717) is 10.1 Å². The monoisotopic (exact) mass is 416 g/mol. The number of esters is 1. The zero-order chi connectivity index (χ0) is 19.5. The van der Waals surface area contributed by atoms with Gasteiger partial charge in [-0.15, -0.1) is 0 Å². The molecule has 1 N–H and O–H groups in total. The van der Waals surface area contributed by atoms with Crippen LogP contribution in [0.3, 0.4) is 0 Å². The molecule has 0 bridgehead atoms. The number of hydrogen-bond donors (Lipinski definition) is 1. The summed E-state index contributed by atoms with van der Waals surface area (Å²) in [5.74, 6) is 0.885. The predicted octanol–water partition coefficient (Wildman–Crippen LogP) is 3.99. The maximum atomic E-state index is 13.9. The van der Waals surface area contributed by atoms with Crippen molar-refractivity contribution in [1.29, 1.82) is 0 Å². The van der Waals surface area contributed by atoms with Gasteiger partial charge in [-0.2, -0.15) is 0 Å². The number of thioether (sulfide) groups is 1. The van der Waals surface area contributed by atoms with Gasteiger partial charge < -0.3 is 9.26 Å². The molecule has 1 aromatic carbocycles. The number of rotatable bonds is 7. The van der Waals surface area contributed by atoms with Crippen molar-refractivity contribution in [2.75, 3.05) is 12.9 Å². The van der Waals surface area contributed by atoms with Crippen LogP contribution in [0.25, 0.3) is 0 Å². The third-order valence-corrected chi connectivity index (χ3v) is 8.07. The lowest BCUT2D eigenvalue weighted by atomic mass is 10.1. The van der Waals surface area contributed by atoms with E-state index in [0.717, 1.165) is 11.3 Å². The molecule has 0 unspecified atom stereocenters. The number of ether oxygens (including phenoxy) is 1. The van der Waals surface area contributed by atoms with Crippen molar-refractivity contribution < 1.29 is 18.6 Å². The minimum Gasteiger partial charge on any atom is -0.468 e. The summed E-state index contributed by atoms with van der Waals surface area (Å²) in [6.45, 7) is 7.62. The number of hydrogen-bond acceptors (Lipinski definition) is 6. The van der Waals surface area contributed by atoms with Gasteiger partial charge in [-0.25, -0.2) is 9.65 Å². The molecule has 1 aliphatic rings. The summed E-state index contributed by atoms with van der Waals surface area (Å²) in [5, 5.41) is 2.85. The zero-order valence-corrected chi connectivity index (χ0v) is 18.1. The molecule has 0 aromatic heterocycles. The number of nitrogens with zero attached hydrogens (tertiary/aromatic N) is 1. The highest BCUT2D eigenvalue weighted by atomic mass is 32.2. The summed E-state index contributed by atoms with van der Waals surface area (Å²) in [4.78, 5) is 11.9. The molecule has 9 heteroatoms. The molecule has 0 amide bonds. The first-order valence-corrected chi connectivity index (χ1v) is 11.3. The van der Waals surface area contributed by atoms with Gasteiger partial charge in [0.2, 0.25) is 0 Å². The van der Waals surface area contributed by atoms with E-state index in [2.05, 4.69) is 5.09 Å². The maximum absolute atomic E-state index is 13.9. The van der Waals surface area contributed by atoms with Crippen LogP contribution in [0, 0.1) is 12.8 Å². The van der Waals surface area contributed by atoms with Crippen molar-refractivity contribution in [3.8, 4) is 5.75 Å². The molecule has 0 saturated carbocycles. The molecule has 26 heavy (non-hydrogen) atoms. The molecule has 3 atom stereocenters. The van der Waals surface area contributed by atoms with Crippen LogP contribution < -0.4 is 9.61 Å². The molecule has 144 valence electrons. The molecular formula is C17H25N2O4PS2. The van der Waals surface area contributed by atoms with Crippen molar-refractivity contribution in [3.63, 3.8) is 0 Å². The largest absolute Gasteiger partial charge is 0.468 e. The van der Waals surface area contributed by atoms with Crippen LogP contribution in [0.15, 0.2) is 24.3 Å². The second-order valence-electron chi connectivity index (χ2n) is 6.53. The van der Waals surface area contributed by atoms with E-state index in [9.17, 15) is 9.36 Å². The topological polar surface area (TPSA) is 67.9 Å². The summed E-state index contributed by atoms with van der Waals surface area (Å²) in [6.07, 6.45) is 0. The molecule has 0 spiro atoms. The van der Waals surface area contributed by atoms with E-state index in [4.69, 9.17) is 21.5 Å². The number of aryl methyl sites for hydroxylation is 1. The molecule has 1 aromatic rings. The van der Waals surface area contributed by atoms with Crippen LogP contribution in [-0.4, -0.2) is 39.9 Å². The van der Waals surface area contributed by atoms with Crippen LogP contribution in [-0.2, 0) is 14.1 Å². The third-order valence-electron chi connectivity index (χ3n) is 4.06. The number of carbonyl (C=O) groups is 1.